The van der Waals surface area contributed by atoms with E-state index < -0.39 is 13.1 Å². The van der Waals surface area contributed by atoms with Crippen LogP contribution in [0.15, 0.2) is 24.3 Å². The van der Waals surface area contributed by atoms with E-state index in [9.17, 15) is 0 Å². The topological polar surface area (TPSA) is 18.5 Å². The molecule has 0 saturated heterocycles. The number of hydrogen-bond donors (Lipinski definition) is 0. The van der Waals surface area contributed by atoms with E-state index in [1.165, 1.54) is 0 Å². The highest BCUT2D eigenvalue weighted by Gasteiger charge is 2.53. The molecule has 20 heavy (non-hydrogen) atoms. The third-order valence-electron chi connectivity index (χ3n) is 3.61. The second-order valence-corrected chi connectivity index (χ2v) is 9.35. The second-order valence-electron chi connectivity index (χ2n) is 4.80. The smallest absolute Gasteiger partial charge is 0.361 e. The van der Waals surface area contributed by atoms with E-state index in [0.717, 1.165) is 17.5 Å². The predicted octanol–water partition coefficient (Wildman–Crippen LogP) is 4.95. The average molecular weight is 335 g/mol. The molecule has 0 aromatic heterocycles. The van der Waals surface area contributed by atoms with Gasteiger partial charge < -0.3 is 8.85 Å². The van der Waals surface area contributed by atoms with Crippen molar-refractivity contribution in [3.63, 3.8) is 0 Å². The summed E-state index contributed by atoms with van der Waals surface area (Å²) >= 11 is 12.8. The van der Waals surface area contributed by atoms with E-state index in [1.54, 1.807) is 0 Å². The highest BCUT2D eigenvalue weighted by atomic mass is 35.5. The highest BCUT2D eigenvalue weighted by molar-refractivity contribution is 6.77. The lowest BCUT2D eigenvalue weighted by Crippen LogP contribution is -2.55. The first-order chi connectivity index (χ1) is 9.47. The third kappa shape index (κ3) is 3.58. The minimum absolute atomic E-state index is 0.507. The molecular formula is C15H24Cl2O2Si. The Morgan fingerprint density at radius 3 is 1.90 bits per heavy atom. The second kappa shape index (κ2) is 7.81. The molecule has 0 fully saturated rings. The number of halogens is 2. The largest absolute Gasteiger partial charge is 0.393 e. The van der Waals surface area contributed by atoms with Gasteiger partial charge in [0.15, 0.2) is 0 Å². The van der Waals surface area contributed by atoms with Gasteiger partial charge in [-0.3, -0.25) is 0 Å². The van der Waals surface area contributed by atoms with Gasteiger partial charge in [0.2, 0.25) is 0 Å². The molecule has 0 aliphatic rings. The van der Waals surface area contributed by atoms with Crippen molar-refractivity contribution in [1.29, 1.82) is 0 Å². The van der Waals surface area contributed by atoms with E-state index in [0.29, 0.717) is 19.1 Å². The Balaban J connectivity index is 3.21. The van der Waals surface area contributed by atoms with Gasteiger partial charge in [0.25, 0.3) is 0 Å². The zero-order valence-electron chi connectivity index (χ0n) is 12.7. The molecule has 5 heteroatoms. The fourth-order valence-corrected chi connectivity index (χ4v) is 6.07. The molecule has 0 N–H and O–H groups in total. The van der Waals surface area contributed by atoms with Crippen LogP contribution in [0, 0.1) is 0 Å². The molecule has 1 unspecified atom stereocenters. The fraction of sp³-hybridized carbons (Fsp3) is 0.600. The van der Waals surface area contributed by atoms with Gasteiger partial charge in [-0.1, -0.05) is 31.2 Å². The molecule has 2 nitrogen and oxygen atoms in total. The van der Waals surface area contributed by atoms with Crippen LogP contribution in [0.4, 0.5) is 0 Å². The maximum atomic E-state index is 6.99. The molecular weight excluding hydrogens is 311 g/mol. The van der Waals surface area contributed by atoms with Crippen LogP contribution in [0.5, 0.6) is 0 Å². The molecule has 0 saturated carbocycles. The molecule has 0 heterocycles. The maximum absolute atomic E-state index is 6.99. The van der Waals surface area contributed by atoms with E-state index in [1.807, 2.05) is 44.7 Å². The van der Waals surface area contributed by atoms with Crippen LogP contribution in [0.1, 0.15) is 38.3 Å². The normalized spacial score (nSPS) is 15.1. The molecule has 1 aromatic rings. The van der Waals surface area contributed by atoms with Crippen molar-refractivity contribution < 1.29 is 8.85 Å². The van der Waals surface area contributed by atoms with Crippen LogP contribution in [0.25, 0.3) is 0 Å². The average Bonchev–Trinajstić information content (AvgIpc) is 2.47. The van der Waals surface area contributed by atoms with Crippen molar-refractivity contribution in [3.8, 4) is 0 Å². The fourth-order valence-electron chi connectivity index (χ4n) is 2.47. The summed E-state index contributed by atoms with van der Waals surface area (Å²) in [7, 11) is -2.54. The van der Waals surface area contributed by atoms with Crippen molar-refractivity contribution in [1.82, 2.24) is 0 Å². The van der Waals surface area contributed by atoms with Gasteiger partial charge >= 0.3 is 8.56 Å². The zero-order chi connectivity index (χ0) is 15.2. The summed E-state index contributed by atoms with van der Waals surface area (Å²) in [5.74, 6) is 0.507. The van der Waals surface area contributed by atoms with Crippen LogP contribution >= 0.6 is 23.2 Å². The number of hydrogen-bond acceptors (Lipinski definition) is 2. The molecule has 0 spiro atoms. The Morgan fingerprint density at radius 1 is 1.05 bits per heavy atom. The molecule has 114 valence electrons. The lowest BCUT2D eigenvalue weighted by Gasteiger charge is -2.40. The van der Waals surface area contributed by atoms with Crippen molar-refractivity contribution in [3.05, 3.63) is 35.4 Å². The van der Waals surface area contributed by atoms with E-state index in [-0.39, 0.29) is 0 Å². The van der Waals surface area contributed by atoms with E-state index in [4.69, 9.17) is 32.1 Å². The minimum atomic E-state index is -2.54. The van der Waals surface area contributed by atoms with Gasteiger partial charge in [0.05, 0.1) is 0 Å². The molecule has 0 bridgehead atoms. The quantitative estimate of drug-likeness (QED) is 0.494. The van der Waals surface area contributed by atoms with Crippen molar-refractivity contribution >= 4 is 31.8 Å². The zero-order valence-corrected chi connectivity index (χ0v) is 15.2. The summed E-state index contributed by atoms with van der Waals surface area (Å²) in [6, 6.07) is 8.11. The van der Waals surface area contributed by atoms with Gasteiger partial charge in [0, 0.05) is 19.1 Å². The maximum Gasteiger partial charge on any atom is 0.361 e. The minimum Gasteiger partial charge on any atom is -0.393 e. The summed E-state index contributed by atoms with van der Waals surface area (Å²) in [6.07, 6.45) is 0.761. The van der Waals surface area contributed by atoms with Crippen molar-refractivity contribution in [2.45, 2.75) is 44.1 Å². The van der Waals surface area contributed by atoms with E-state index >= 15 is 0 Å². The van der Waals surface area contributed by atoms with Gasteiger partial charge in [-0.15, -0.1) is 23.2 Å². The Labute approximate surface area is 133 Å². The van der Waals surface area contributed by atoms with Crippen molar-refractivity contribution in [2.24, 2.45) is 0 Å². The van der Waals surface area contributed by atoms with Gasteiger partial charge in [-0.2, -0.15) is 0 Å². The SMILES string of the molecule is CCO[Si](C)(OCC)C(Cl)(CC)c1ccc(CCl)cc1. The predicted molar refractivity (Wildman–Crippen MR) is 88.7 cm³/mol. The monoisotopic (exact) mass is 334 g/mol. The van der Waals surface area contributed by atoms with Crippen LogP contribution in [0.2, 0.25) is 6.55 Å². The molecule has 0 aliphatic heterocycles. The summed E-state index contributed by atoms with van der Waals surface area (Å²) in [4.78, 5) is 0. The molecule has 1 atom stereocenters. The third-order valence-corrected chi connectivity index (χ3v) is 9.20. The highest BCUT2D eigenvalue weighted by Crippen LogP contribution is 2.42. The Morgan fingerprint density at radius 2 is 1.55 bits per heavy atom. The number of rotatable bonds is 8. The molecule has 0 amide bonds. The summed E-state index contributed by atoms with van der Waals surface area (Å²) < 4.78 is 11.4. The van der Waals surface area contributed by atoms with Crippen LogP contribution in [-0.2, 0) is 19.2 Å². The number of alkyl halides is 2. The summed E-state index contributed by atoms with van der Waals surface area (Å²) in [6.45, 7) is 9.30. The molecule has 0 aliphatic carbocycles. The van der Waals surface area contributed by atoms with Gasteiger partial charge in [0.1, 0.15) is 4.50 Å². The number of benzene rings is 1. The Hall–Kier alpha value is -0.0631. The van der Waals surface area contributed by atoms with Crippen molar-refractivity contribution in [2.75, 3.05) is 13.2 Å². The first-order valence-electron chi connectivity index (χ1n) is 7.09. The first kappa shape index (κ1) is 18.0. The first-order valence-corrected chi connectivity index (χ1v) is 10.3. The van der Waals surface area contributed by atoms with Crippen LogP contribution < -0.4 is 0 Å². The van der Waals surface area contributed by atoms with Gasteiger partial charge in [-0.05, 0) is 37.9 Å². The lowest BCUT2D eigenvalue weighted by atomic mass is 10.1. The van der Waals surface area contributed by atoms with Crippen LogP contribution in [0.3, 0.4) is 0 Å². The van der Waals surface area contributed by atoms with Crippen LogP contribution in [-0.4, -0.2) is 21.8 Å². The summed E-state index contributed by atoms with van der Waals surface area (Å²) in [5, 5.41) is 0. The molecule has 1 aromatic carbocycles. The molecule has 1 rings (SSSR count). The standard InChI is InChI=1S/C15H24Cl2O2Si/c1-5-15(17,20(4,18-6-2)19-7-3)14-10-8-13(12-16)9-11-14/h8-11H,5-7,12H2,1-4H3. The van der Waals surface area contributed by atoms with Gasteiger partial charge in [-0.25, -0.2) is 0 Å². The summed E-state index contributed by atoms with van der Waals surface area (Å²) in [5.41, 5.74) is 2.13. The Bertz CT molecular complexity index is 405. The molecule has 0 radical (unpaired) electrons. The lowest BCUT2D eigenvalue weighted by molar-refractivity contribution is 0.172. The Kier molecular flexibility index (Phi) is 7.02. The van der Waals surface area contributed by atoms with E-state index in [2.05, 4.69) is 6.92 Å².